The number of hydrogen-bond donors (Lipinski definition) is 1. The number of morpholine rings is 1. The van der Waals surface area contributed by atoms with Crippen molar-refractivity contribution in [3.05, 3.63) is 65.4 Å². The van der Waals surface area contributed by atoms with Crippen molar-refractivity contribution < 1.29 is 19.1 Å². The van der Waals surface area contributed by atoms with Gasteiger partial charge in [-0.1, -0.05) is 44.2 Å². The topological polar surface area (TPSA) is 71.1 Å². The average molecular weight is 476 g/mol. The molecular weight excluding hydrogens is 442 g/mol. The number of para-hydroxylation sites is 3. The maximum Gasteiger partial charge on any atom is 0.242 e. The molecule has 1 fully saturated rings. The molecule has 1 atom stereocenters. The number of fused-ring (bicyclic) bond motifs is 1. The van der Waals surface area contributed by atoms with Crippen molar-refractivity contribution in [2.75, 3.05) is 50.2 Å². The Hall–Kier alpha value is -3.32. The third-order valence-electron chi connectivity index (χ3n) is 7.11. The summed E-state index contributed by atoms with van der Waals surface area (Å²) in [5, 5.41) is 3.60. The van der Waals surface area contributed by atoms with Crippen LogP contribution >= 0.6 is 0 Å². The highest BCUT2D eigenvalue weighted by molar-refractivity contribution is 6.02. The largest absolute Gasteiger partial charge is 0.496 e. The highest BCUT2D eigenvalue weighted by atomic mass is 16.5. The highest BCUT2D eigenvalue weighted by Gasteiger charge is 2.43. The first kappa shape index (κ1) is 23.4. The van der Waals surface area contributed by atoms with Crippen LogP contribution in [0.25, 0.3) is 0 Å². The maximum absolute atomic E-state index is 13.8. The van der Waals surface area contributed by atoms with Crippen molar-refractivity contribution >= 4 is 23.1 Å². The van der Waals surface area contributed by atoms with Gasteiger partial charge in [-0.05, 0) is 30.0 Å². The lowest BCUT2D eigenvalue weighted by Gasteiger charge is -2.39. The van der Waals surface area contributed by atoms with Gasteiger partial charge < -0.3 is 24.6 Å². The van der Waals surface area contributed by atoms with Gasteiger partial charge in [0.2, 0.25) is 5.91 Å². The summed E-state index contributed by atoms with van der Waals surface area (Å²) in [5.41, 5.74) is 4.17. The number of amides is 1. The summed E-state index contributed by atoms with van der Waals surface area (Å²) in [6.07, 6.45) is 1.21. The average Bonchev–Trinajstić information content (AvgIpc) is 2.98. The molecular formula is C28H33N3O4. The summed E-state index contributed by atoms with van der Waals surface area (Å²) in [6.45, 7) is 6.65. The molecule has 184 valence electrons. The predicted octanol–water partition coefficient (Wildman–Crippen LogP) is 4.17. The molecule has 1 saturated heterocycles. The van der Waals surface area contributed by atoms with Crippen molar-refractivity contribution in [2.45, 2.75) is 32.7 Å². The molecule has 2 aromatic rings. The monoisotopic (exact) mass is 475 g/mol. The number of nitrogens with one attached hydrogen (secondary N) is 1. The lowest BCUT2D eigenvalue weighted by atomic mass is 9.73. The zero-order chi connectivity index (χ0) is 24.6. The van der Waals surface area contributed by atoms with E-state index in [1.807, 2.05) is 53.4 Å². The molecule has 5 rings (SSSR count). The zero-order valence-corrected chi connectivity index (χ0v) is 20.7. The van der Waals surface area contributed by atoms with Gasteiger partial charge in [-0.2, -0.15) is 0 Å². The second kappa shape index (κ2) is 9.38. The number of hydrogen-bond acceptors (Lipinski definition) is 6. The molecule has 2 aliphatic heterocycles. The van der Waals surface area contributed by atoms with E-state index in [9.17, 15) is 9.59 Å². The third kappa shape index (κ3) is 4.52. The van der Waals surface area contributed by atoms with Gasteiger partial charge in [0, 0.05) is 36.3 Å². The van der Waals surface area contributed by atoms with E-state index in [1.54, 1.807) is 7.11 Å². The Balaban J connectivity index is 1.69. The molecule has 2 aromatic carbocycles. The Labute approximate surface area is 206 Å². The van der Waals surface area contributed by atoms with Crippen LogP contribution < -0.4 is 15.0 Å². The molecule has 7 nitrogen and oxygen atoms in total. The normalized spacial score (nSPS) is 21.6. The number of rotatable bonds is 4. The van der Waals surface area contributed by atoms with Gasteiger partial charge in [-0.15, -0.1) is 0 Å². The molecule has 0 saturated carbocycles. The molecule has 1 aliphatic carbocycles. The molecule has 0 aromatic heterocycles. The number of nitrogens with zero attached hydrogens (tertiary/aromatic N) is 2. The van der Waals surface area contributed by atoms with E-state index < -0.39 is 6.04 Å². The lowest BCUT2D eigenvalue weighted by Crippen LogP contribution is -2.47. The molecule has 1 amide bonds. The first-order valence-corrected chi connectivity index (χ1v) is 12.3. The van der Waals surface area contributed by atoms with Crippen molar-refractivity contribution in [1.29, 1.82) is 0 Å². The fourth-order valence-electron chi connectivity index (χ4n) is 5.50. The van der Waals surface area contributed by atoms with Crippen LogP contribution in [0.1, 0.15) is 38.3 Å². The standard InChI is InChI=1S/C28H33N3O4/c1-28(2)16-21-26(23(32)17-28)27(19-8-4-7-11-24(19)34-3)31(22-10-6-5-9-20(22)29-21)18-25(33)30-12-14-35-15-13-30/h4-11,27,29H,12-18H2,1-3H3/t27-/m0/s1. The van der Waals surface area contributed by atoms with Crippen molar-refractivity contribution in [3.8, 4) is 5.75 Å². The van der Waals surface area contributed by atoms with Gasteiger partial charge in [-0.25, -0.2) is 0 Å². The summed E-state index contributed by atoms with van der Waals surface area (Å²) in [6, 6.07) is 15.3. The zero-order valence-electron chi connectivity index (χ0n) is 20.7. The number of anilines is 2. The van der Waals surface area contributed by atoms with Gasteiger partial charge in [-0.3, -0.25) is 9.59 Å². The molecule has 0 bridgehead atoms. The van der Waals surface area contributed by atoms with Crippen molar-refractivity contribution in [3.63, 3.8) is 0 Å². The van der Waals surface area contributed by atoms with Crippen LogP contribution in [0.4, 0.5) is 11.4 Å². The molecule has 2 heterocycles. The third-order valence-corrected chi connectivity index (χ3v) is 7.11. The van der Waals surface area contributed by atoms with Gasteiger partial charge in [0.05, 0.1) is 44.3 Å². The summed E-state index contributed by atoms with van der Waals surface area (Å²) in [5.74, 6) is 0.831. The smallest absolute Gasteiger partial charge is 0.242 e. The molecule has 7 heteroatoms. The Kier molecular flexibility index (Phi) is 6.28. The van der Waals surface area contributed by atoms with E-state index in [0.717, 1.165) is 34.6 Å². The number of ketones is 1. The Morgan fingerprint density at radius 2 is 1.80 bits per heavy atom. The Morgan fingerprint density at radius 1 is 1.09 bits per heavy atom. The Morgan fingerprint density at radius 3 is 2.57 bits per heavy atom. The van der Waals surface area contributed by atoms with E-state index >= 15 is 0 Å². The lowest BCUT2D eigenvalue weighted by molar-refractivity contribution is -0.133. The van der Waals surface area contributed by atoms with Crippen LogP contribution in [0.15, 0.2) is 59.8 Å². The fraction of sp³-hybridized carbons (Fsp3) is 0.429. The minimum atomic E-state index is -0.453. The van der Waals surface area contributed by atoms with E-state index in [4.69, 9.17) is 9.47 Å². The second-order valence-corrected chi connectivity index (χ2v) is 10.2. The van der Waals surface area contributed by atoms with Crippen LogP contribution in [-0.4, -0.2) is 56.5 Å². The van der Waals surface area contributed by atoms with Gasteiger partial charge in [0.15, 0.2) is 5.78 Å². The molecule has 0 unspecified atom stereocenters. The SMILES string of the molecule is COc1ccccc1[C@H]1C2=C(CC(C)(C)CC2=O)Nc2ccccc2N1CC(=O)N1CCOCC1. The van der Waals surface area contributed by atoms with E-state index in [-0.39, 0.29) is 23.7 Å². The summed E-state index contributed by atoms with van der Waals surface area (Å²) in [7, 11) is 1.64. The number of ether oxygens (including phenoxy) is 2. The summed E-state index contributed by atoms with van der Waals surface area (Å²) < 4.78 is 11.2. The predicted molar refractivity (Wildman–Crippen MR) is 136 cm³/mol. The first-order chi connectivity index (χ1) is 16.9. The van der Waals surface area contributed by atoms with E-state index in [1.165, 1.54) is 0 Å². The van der Waals surface area contributed by atoms with E-state index in [2.05, 4.69) is 24.1 Å². The number of allylic oxidation sites excluding steroid dienone is 1. The first-order valence-electron chi connectivity index (χ1n) is 12.3. The minimum absolute atomic E-state index is 0.0237. The molecule has 0 radical (unpaired) electrons. The summed E-state index contributed by atoms with van der Waals surface area (Å²) in [4.78, 5) is 31.3. The van der Waals surface area contributed by atoms with Gasteiger partial charge in [0.1, 0.15) is 5.75 Å². The van der Waals surface area contributed by atoms with E-state index in [0.29, 0.717) is 38.5 Å². The van der Waals surface area contributed by atoms with Crippen LogP contribution in [0.2, 0.25) is 0 Å². The maximum atomic E-state index is 13.8. The number of Topliss-reactive ketones (excluding diaryl/α,β-unsaturated/α-hetero) is 1. The van der Waals surface area contributed by atoms with Gasteiger partial charge >= 0.3 is 0 Å². The van der Waals surface area contributed by atoms with Crippen LogP contribution in [0.5, 0.6) is 5.75 Å². The van der Waals surface area contributed by atoms with Crippen LogP contribution in [-0.2, 0) is 14.3 Å². The highest BCUT2D eigenvalue weighted by Crippen LogP contribution is 2.49. The van der Waals surface area contributed by atoms with Crippen molar-refractivity contribution in [1.82, 2.24) is 4.90 Å². The minimum Gasteiger partial charge on any atom is -0.496 e. The quantitative estimate of drug-likeness (QED) is 0.716. The van der Waals surface area contributed by atoms with Crippen LogP contribution in [0, 0.1) is 5.41 Å². The van der Waals surface area contributed by atoms with Gasteiger partial charge in [0.25, 0.3) is 0 Å². The molecule has 0 spiro atoms. The number of methoxy groups -OCH3 is 1. The van der Waals surface area contributed by atoms with Crippen LogP contribution in [0.3, 0.4) is 0 Å². The number of carbonyl (C=O) groups excluding carboxylic acids is 2. The fourth-order valence-corrected chi connectivity index (χ4v) is 5.50. The Bertz CT molecular complexity index is 1170. The molecule has 3 aliphatic rings. The summed E-state index contributed by atoms with van der Waals surface area (Å²) >= 11 is 0. The number of benzene rings is 2. The second-order valence-electron chi connectivity index (χ2n) is 10.2. The molecule has 35 heavy (non-hydrogen) atoms. The van der Waals surface area contributed by atoms with Crippen molar-refractivity contribution in [2.24, 2.45) is 5.41 Å². The molecule has 1 N–H and O–H groups in total. The number of carbonyl (C=O) groups is 2.